The van der Waals surface area contributed by atoms with Crippen LogP contribution in [0.3, 0.4) is 0 Å². The van der Waals surface area contributed by atoms with Gasteiger partial charge >= 0.3 is 0 Å². The van der Waals surface area contributed by atoms with E-state index >= 15 is 0 Å². The lowest BCUT2D eigenvalue weighted by Gasteiger charge is -2.28. The number of hydrogen-bond acceptors (Lipinski definition) is 3. The molecule has 4 heteroatoms. The molecule has 0 bridgehead atoms. The smallest absolute Gasteiger partial charge is 0.126 e. The van der Waals surface area contributed by atoms with Gasteiger partial charge < -0.3 is 15.5 Å². The molecule has 114 valence electrons. The second-order valence-corrected chi connectivity index (χ2v) is 5.69. The quantitative estimate of drug-likeness (QED) is 0.834. The predicted molar refractivity (Wildman–Crippen MR) is 84.8 cm³/mol. The Hall–Kier alpha value is -1.13. The molecule has 0 unspecified atom stereocenters. The van der Waals surface area contributed by atoms with E-state index in [2.05, 4.69) is 30.8 Å². The number of benzene rings is 1. The Balaban J connectivity index is 2.98. The minimum atomic E-state index is -0.176. The van der Waals surface area contributed by atoms with Gasteiger partial charge in [0.2, 0.25) is 0 Å². The molecule has 0 aliphatic carbocycles. The second kappa shape index (κ2) is 7.60. The maximum absolute atomic E-state index is 13.8. The van der Waals surface area contributed by atoms with Crippen molar-refractivity contribution in [2.45, 2.75) is 33.2 Å². The first-order valence-corrected chi connectivity index (χ1v) is 7.32. The van der Waals surface area contributed by atoms with E-state index < -0.39 is 0 Å². The van der Waals surface area contributed by atoms with Crippen LogP contribution in [0, 0.1) is 12.7 Å². The summed E-state index contributed by atoms with van der Waals surface area (Å²) in [5.41, 5.74) is 8.64. The monoisotopic (exact) mass is 281 g/mol. The van der Waals surface area contributed by atoms with Crippen LogP contribution < -0.4 is 10.6 Å². The van der Waals surface area contributed by atoms with Crippen molar-refractivity contribution in [3.8, 4) is 0 Å². The Morgan fingerprint density at radius 2 is 1.90 bits per heavy atom. The molecule has 0 radical (unpaired) electrons. The predicted octanol–water partition coefficient (Wildman–Crippen LogP) is 2.93. The molecule has 0 aliphatic heterocycles. The Kier molecular flexibility index (Phi) is 6.43. The van der Waals surface area contributed by atoms with Crippen molar-refractivity contribution in [1.29, 1.82) is 0 Å². The van der Waals surface area contributed by atoms with Crippen molar-refractivity contribution >= 4 is 5.69 Å². The minimum absolute atomic E-state index is 0.164. The van der Waals surface area contributed by atoms with E-state index in [9.17, 15) is 4.39 Å². The van der Waals surface area contributed by atoms with E-state index in [0.717, 1.165) is 37.3 Å². The van der Waals surface area contributed by atoms with Gasteiger partial charge in [-0.1, -0.05) is 0 Å². The molecule has 20 heavy (non-hydrogen) atoms. The molecular weight excluding hydrogens is 253 g/mol. The summed E-state index contributed by atoms with van der Waals surface area (Å²) in [4.78, 5) is 4.46. The van der Waals surface area contributed by atoms with Crippen LogP contribution in [-0.2, 0) is 0 Å². The van der Waals surface area contributed by atoms with Crippen molar-refractivity contribution in [2.24, 2.45) is 5.73 Å². The van der Waals surface area contributed by atoms with Crippen LogP contribution in [-0.4, -0.2) is 38.6 Å². The first-order chi connectivity index (χ1) is 9.36. The van der Waals surface area contributed by atoms with Crippen molar-refractivity contribution in [2.75, 3.05) is 38.6 Å². The number of nitrogens with two attached hydrogens (primary N) is 1. The lowest BCUT2D eigenvalue weighted by atomic mass is 10.0. The molecule has 0 aliphatic rings. The average Bonchev–Trinajstić information content (AvgIpc) is 2.37. The van der Waals surface area contributed by atoms with Crippen LogP contribution >= 0.6 is 0 Å². The highest BCUT2D eigenvalue weighted by molar-refractivity contribution is 5.57. The second-order valence-electron chi connectivity index (χ2n) is 5.69. The fraction of sp³-hybridized carbons (Fsp3) is 0.625. The molecule has 0 fully saturated rings. The summed E-state index contributed by atoms with van der Waals surface area (Å²) in [5.74, 6) is -0.176. The summed E-state index contributed by atoms with van der Waals surface area (Å²) in [7, 11) is 4.15. The zero-order chi connectivity index (χ0) is 15.3. The molecule has 0 spiro atoms. The molecule has 1 atom stereocenters. The standard InChI is InChI=1S/C16H28FN3/c1-6-20(9-7-8-19(4)5)16-10-12(2)15(17)11-14(16)13(3)18/h10-11,13H,6-9,18H2,1-5H3/t13-/m1/s1. The highest BCUT2D eigenvalue weighted by atomic mass is 19.1. The van der Waals surface area contributed by atoms with Gasteiger partial charge in [-0.15, -0.1) is 0 Å². The van der Waals surface area contributed by atoms with Crippen molar-refractivity contribution < 1.29 is 4.39 Å². The van der Waals surface area contributed by atoms with Crippen molar-refractivity contribution in [3.05, 3.63) is 29.1 Å². The Bertz CT molecular complexity index is 430. The molecule has 1 rings (SSSR count). The normalized spacial score (nSPS) is 12.8. The fourth-order valence-corrected chi connectivity index (χ4v) is 2.35. The zero-order valence-electron chi connectivity index (χ0n) is 13.4. The highest BCUT2D eigenvalue weighted by Gasteiger charge is 2.15. The highest BCUT2D eigenvalue weighted by Crippen LogP contribution is 2.28. The summed E-state index contributed by atoms with van der Waals surface area (Å²) in [6.45, 7) is 8.74. The van der Waals surface area contributed by atoms with E-state index in [0.29, 0.717) is 5.56 Å². The number of anilines is 1. The Morgan fingerprint density at radius 3 is 2.40 bits per heavy atom. The fourth-order valence-electron chi connectivity index (χ4n) is 2.35. The van der Waals surface area contributed by atoms with Gasteiger partial charge in [-0.3, -0.25) is 0 Å². The van der Waals surface area contributed by atoms with Gasteiger partial charge in [0, 0.05) is 24.8 Å². The molecule has 0 heterocycles. The third-order valence-electron chi connectivity index (χ3n) is 3.55. The first-order valence-electron chi connectivity index (χ1n) is 7.32. The number of hydrogen-bond donors (Lipinski definition) is 1. The topological polar surface area (TPSA) is 32.5 Å². The zero-order valence-corrected chi connectivity index (χ0v) is 13.4. The molecule has 0 saturated heterocycles. The van der Waals surface area contributed by atoms with E-state index in [1.54, 1.807) is 13.0 Å². The SMILES string of the molecule is CCN(CCCN(C)C)c1cc(C)c(F)cc1[C@@H](C)N. The van der Waals surface area contributed by atoms with Gasteiger partial charge in [0.1, 0.15) is 5.82 Å². The Morgan fingerprint density at radius 1 is 1.25 bits per heavy atom. The number of aryl methyl sites for hydroxylation is 1. The molecule has 0 saturated carbocycles. The first kappa shape index (κ1) is 16.9. The molecule has 2 N–H and O–H groups in total. The largest absolute Gasteiger partial charge is 0.371 e. The molecule has 3 nitrogen and oxygen atoms in total. The summed E-state index contributed by atoms with van der Waals surface area (Å²) < 4.78 is 13.8. The van der Waals surface area contributed by atoms with Gasteiger partial charge in [0.05, 0.1) is 0 Å². The summed E-state index contributed by atoms with van der Waals surface area (Å²) in [5, 5.41) is 0. The van der Waals surface area contributed by atoms with Crippen LogP contribution in [0.1, 0.15) is 37.4 Å². The van der Waals surface area contributed by atoms with Crippen LogP contribution in [0.5, 0.6) is 0 Å². The third-order valence-corrected chi connectivity index (χ3v) is 3.55. The number of rotatable bonds is 7. The van der Waals surface area contributed by atoms with Gasteiger partial charge in [-0.25, -0.2) is 4.39 Å². The molecule has 0 amide bonds. The third kappa shape index (κ3) is 4.46. The molecule has 1 aromatic carbocycles. The van der Waals surface area contributed by atoms with Crippen molar-refractivity contribution in [3.63, 3.8) is 0 Å². The van der Waals surface area contributed by atoms with Crippen LogP contribution in [0.2, 0.25) is 0 Å². The van der Waals surface area contributed by atoms with E-state index in [4.69, 9.17) is 5.73 Å². The molecule has 0 aromatic heterocycles. The van der Waals surface area contributed by atoms with Crippen LogP contribution in [0.4, 0.5) is 10.1 Å². The summed E-state index contributed by atoms with van der Waals surface area (Å²) >= 11 is 0. The maximum Gasteiger partial charge on any atom is 0.126 e. The molecular formula is C16H28FN3. The van der Waals surface area contributed by atoms with Gasteiger partial charge in [0.15, 0.2) is 0 Å². The number of nitrogens with zero attached hydrogens (tertiary/aromatic N) is 2. The van der Waals surface area contributed by atoms with E-state index in [1.165, 1.54) is 0 Å². The lowest BCUT2D eigenvalue weighted by molar-refractivity contribution is 0.400. The molecule has 1 aromatic rings. The van der Waals surface area contributed by atoms with Crippen LogP contribution in [0.15, 0.2) is 12.1 Å². The lowest BCUT2D eigenvalue weighted by Crippen LogP contribution is -2.29. The van der Waals surface area contributed by atoms with E-state index in [-0.39, 0.29) is 11.9 Å². The number of halogens is 1. The van der Waals surface area contributed by atoms with Crippen LogP contribution in [0.25, 0.3) is 0 Å². The van der Waals surface area contributed by atoms with Crippen molar-refractivity contribution in [1.82, 2.24) is 4.90 Å². The average molecular weight is 281 g/mol. The van der Waals surface area contributed by atoms with E-state index in [1.807, 2.05) is 13.0 Å². The summed E-state index contributed by atoms with van der Waals surface area (Å²) in [6.07, 6.45) is 1.08. The Labute approximate surface area is 122 Å². The summed E-state index contributed by atoms with van der Waals surface area (Å²) in [6, 6.07) is 3.35. The van der Waals surface area contributed by atoms with Gasteiger partial charge in [0.25, 0.3) is 0 Å². The van der Waals surface area contributed by atoms with Gasteiger partial charge in [-0.05, 0) is 71.1 Å². The maximum atomic E-state index is 13.8. The van der Waals surface area contributed by atoms with Gasteiger partial charge in [-0.2, -0.15) is 0 Å². The minimum Gasteiger partial charge on any atom is -0.371 e.